The molecule has 0 saturated carbocycles. The summed E-state index contributed by atoms with van der Waals surface area (Å²) in [5.41, 5.74) is 2.72. The second-order valence-electron chi connectivity index (χ2n) is 7.74. The van der Waals surface area contributed by atoms with E-state index >= 15 is 0 Å². The molecule has 0 heterocycles. The number of nitrogens with zero attached hydrogens (tertiary/aromatic N) is 1. The maximum Gasteiger partial charge on any atom is 0.264 e. The normalized spacial score (nSPS) is 11.1. The molecule has 0 radical (unpaired) electrons. The van der Waals surface area contributed by atoms with Gasteiger partial charge in [0.25, 0.3) is 15.9 Å². The van der Waals surface area contributed by atoms with E-state index < -0.39 is 15.9 Å². The molecule has 0 atom stereocenters. The first-order valence-corrected chi connectivity index (χ1v) is 12.5. The highest BCUT2D eigenvalue weighted by Gasteiger charge is 2.28. The summed E-state index contributed by atoms with van der Waals surface area (Å²) in [6.45, 7) is 1.93. The Bertz CT molecular complexity index is 1410. The number of anilines is 2. The second-order valence-corrected chi connectivity index (χ2v) is 10.0. The molecule has 1 N–H and O–H groups in total. The number of sulfonamides is 1. The maximum absolute atomic E-state index is 13.7. The molecule has 0 saturated heterocycles. The van der Waals surface area contributed by atoms with E-state index in [4.69, 9.17) is 11.6 Å². The van der Waals surface area contributed by atoms with Crippen LogP contribution in [0, 0.1) is 6.92 Å². The maximum atomic E-state index is 13.7. The molecular formula is C27H23ClN2O3S. The first-order chi connectivity index (χ1) is 16.4. The minimum absolute atomic E-state index is 0.0680. The lowest BCUT2D eigenvalue weighted by Gasteiger charge is -2.26. The van der Waals surface area contributed by atoms with Crippen molar-refractivity contribution >= 4 is 38.9 Å². The van der Waals surface area contributed by atoms with Crippen molar-refractivity contribution in [3.63, 3.8) is 0 Å². The average molecular weight is 491 g/mol. The van der Waals surface area contributed by atoms with Crippen LogP contribution in [0.15, 0.2) is 108 Å². The number of aryl methyl sites for hydroxylation is 1. The van der Waals surface area contributed by atoms with E-state index in [9.17, 15) is 13.2 Å². The van der Waals surface area contributed by atoms with Gasteiger partial charge < -0.3 is 5.32 Å². The molecule has 4 aromatic carbocycles. The second kappa shape index (κ2) is 10.1. The third-order valence-corrected chi connectivity index (χ3v) is 7.37. The zero-order valence-electron chi connectivity index (χ0n) is 18.5. The third-order valence-electron chi connectivity index (χ3n) is 5.37. The van der Waals surface area contributed by atoms with Crippen LogP contribution < -0.4 is 9.62 Å². The molecule has 0 fully saturated rings. The minimum Gasteiger partial charge on any atom is -0.322 e. The number of halogens is 1. The fourth-order valence-corrected chi connectivity index (χ4v) is 5.24. The van der Waals surface area contributed by atoms with Crippen LogP contribution in [0.1, 0.15) is 21.5 Å². The largest absolute Gasteiger partial charge is 0.322 e. The summed E-state index contributed by atoms with van der Waals surface area (Å²) in [6, 6.07) is 29.4. The molecule has 0 aliphatic heterocycles. The van der Waals surface area contributed by atoms with Gasteiger partial charge >= 0.3 is 0 Å². The van der Waals surface area contributed by atoms with Gasteiger partial charge in [0.1, 0.15) is 0 Å². The summed E-state index contributed by atoms with van der Waals surface area (Å²) in [5.74, 6) is -0.428. The van der Waals surface area contributed by atoms with Crippen molar-refractivity contribution in [2.24, 2.45) is 0 Å². The summed E-state index contributed by atoms with van der Waals surface area (Å²) < 4.78 is 28.8. The smallest absolute Gasteiger partial charge is 0.264 e. The molecule has 5 nitrogen and oxygen atoms in total. The van der Waals surface area contributed by atoms with Gasteiger partial charge in [-0.3, -0.25) is 9.10 Å². The molecular weight excluding hydrogens is 468 g/mol. The van der Waals surface area contributed by atoms with Crippen molar-refractivity contribution in [3.8, 4) is 0 Å². The van der Waals surface area contributed by atoms with Crippen molar-refractivity contribution in [2.45, 2.75) is 18.4 Å². The van der Waals surface area contributed by atoms with Crippen LogP contribution in [0.4, 0.5) is 11.4 Å². The number of amides is 1. The van der Waals surface area contributed by atoms with Gasteiger partial charge in [0.15, 0.2) is 0 Å². The summed E-state index contributed by atoms with van der Waals surface area (Å²) in [5, 5.41) is 3.36. The molecule has 172 valence electrons. The molecule has 34 heavy (non-hydrogen) atoms. The van der Waals surface area contributed by atoms with E-state index in [1.54, 1.807) is 66.7 Å². The summed E-state index contributed by atoms with van der Waals surface area (Å²) in [6.07, 6.45) is 0. The third kappa shape index (κ3) is 5.14. The lowest BCUT2D eigenvalue weighted by molar-refractivity contribution is 0.102. The van der Waals surface area contributed by atoms with Crippen LogP contribution in [0.25, 0.3) is 0 Å². The summed E-state index contributed by atoms with van der Waals surface area (Å²) in [4.78, 5) is 13.5. The molecule has 0 aliphatic rings. The predicted octanol–water partition coefficient (Wildman–Crippen LogP) is 6.30. The number of carbonyl (C=O) groups excluding carboxylic acids is 1. The molecule has 1 amide bonds. The Balaban J connectivity index is 1.79. The van der Waals surface area contributed by atoms with Gasteiger partial charge in [-0.15, -0.1) is 0 Å². The van der Waals surface area contributed by atoms with Gasteiger partial charge in [-0.25, -0.2) is 8.42 Å². The Morgan fingerprint density at radius 3 is 2.18 bits per heavy atom. The zero-order chi connectivity index (χ0) is 24.1. The molecule has 0 aromatic heterocycles. The highest BCUT2D eigenvalue weighted by molar-refractivity contribution is 7.92. The van der Waals surface area contributed by atoms with Crippen LogP contribution in [-0.2, 0) is 16.6 Å². The van der Waals surface area contributed by atoms with Gasteiger partial charge in [0.2, 0.25) is 0 Å². The Labute approximate surface area is 204 Å². The SMILES string of the molecule is Cc1ccc(Cl)cc1NC(=O)c1ccccc1N(Cc1ccccc1)S(=O)(=O)c1ccccc1. The van der Waals surface area contributed by atoms with Gasteiger partial charge in [-0.2, -0.15) is 0 Å². The lowest BCUT2D eigenvalue weighted by Crippen LogP contribution is -2.32. The van der Waals surface area contributed by atoms with E-state index in [-0.39, 0.29) is 22.7 Å². The number of carbonyl (C=O) groups is 1. The first-order valence-electron chi connectivity index (χ1n) is 10.6. The Morgan fingerprint density at radius 1 is 0.853 bits per heavy atom. The van der Waals surface area contributed by atoms with Gasteiger partial charge in [-0.1, -0.05) is 78.3 Å². The average Bonchev–Trinajstić information content (AvgIpc) is 2.86. The number of nitrogens with one attached hydrogen (secondary N) is 1. The van der Waals surface area contributed by atoms with Crippen LogP contribution in [0.2, 0.25) is 5.02 Å². The van der Waals surface area contributed by atoms with Crippen LogP contribution in [-0.4, -0.2) is 14.3 Å². The van der Waals surface area contributed by atoms with E-state index in [0.29, 0.717) is 10.7 Å². The van der Waals surface area contributed by atoms with Gasteiger partial charge in [0.05, 0.1) is 22.7 Å². The Kier molecular flexibility index (Phi) is 7.01. The molecule has 0 unspecified atom stereocenters. The molecule has 0 spiro atoms. The molecule has 0 aliphatic carbocycles. The number of benzene rings is 4. The standard InChI is InChI=1S/C27H23ClN2O3S/c1-20-16-17-22(28)18-25(20)29-27(31)24-14-8-9-15-26(24)30(19-21-10-4-2-5-11-21)34(32,33)23-12-6-3-7-13-23/h2-18H,19H2,1H3,(H,29,31). The first kappa shape index (κ1) is 23.5. The predicted molar refractivity (Wildman–Crippen MR) is 137 cm³/mol. The van der Waals surface area contributed by atoms with Gasteiger partial charge in [-0.05, 0) is 54.4 Å². The Morgan fingerprint density at radius 2 is 1.47 bits per heavy atom. The highest BCUT2D eigenvalue weighted by atomic mass is 35.5. The monoisotopic (exact) mass is 490 g/mol. The number of hydrogen-bond donors (Lipinski definition) is 1. The topological polar surface area (TPSA) is 66.5 Å². The van der Waals surface area contributed by atoms with Crippen molar-refractivity contribution in [3.05, 3.63) is 125 Å². The quantitative estimate of drug-likeness (QED) is 0.330. The van der Waals surface area contributed by atoms with Crippen molar-refractivity contribution in [2.75, 3.05) is 9.62 Å². The van der Waals surface area contributed by atoms with Crippen molar-refractivity contribution < 1.29 is 13.2 Å². The van der Waals surface area contributed by atoms with Crippen molar-refractivity contribution in [1.29, 1.82) is 0 Å². The van der Waals surface area contributed by atoms with Crippen LogP contribution in [0.3, 0.4) is 0 Å². The molecule has 0 bridgehead atoms. The number of rotatable bonds is 7. The van der Waals surface area contributed by atoms with Crippen LogP contribution in [0.5, 0.6) is 0 Å². The van der Waals surface area contributed by atoms with E-state index in [2.05, 4.69) is 5.32 Å². The molecule has 7 heteroatoms. The summed E-state index contributed by atoms with van der Waals surface area (Å²) in [7, 11) is -3.96. The molecule has 4 aromatic rings. The highest BCUT2D eigenvalue weighted by Crippen LogP contribution is 2.30. The van der Waals surface area contributed by atoms with E-state index in [0.717, 1.165) is 11.1 Å². The zero-order valence-corrected chi connectivity index (χ0v) is 20.1. The summed E-state index contributed by atoms with van der Waals surface area (Å²) >= 11 is 6.11. The molecule has 4 rings (SSSR count). The lowest BCUT2D eigenvalue weighted by atomic mass is 10.1. The van der Waals surface area contributed by atoms with E-state index in [1.165, 1.54) is 4.31 Å². The number of hydrogen-bond acceptors (Lipinski definition) is 3. The minimum atomic E-state index is -3.96. The Hall–Kier alpha value is -3.61. The van der Waals surface area contributed by atoms with Gasteiger partial charge in [0, 0.05) is 10.7 Å². The number of para-hydroxylation sites is 1. The van der Waals surface area contributed by atoms with Crippen LogP contribution >= 0.6 is 11.6 Å². The van der Waals surface area contributed by atoms with Crippen molar-refractivity contribution in [1.82, 2.24) is 0 Å². The fraction of sp³-hybridized carbons (Fsp3) is 0.0741. The fourth-order valence-electron chi connectivity index (χ4n) is 3.57. The van der Waals surface area contributed by atoms with E-state index in [1.807, 2.05) is 43.3 Å².